The number of halogens is 2. The first-order chi connectivity index (χ1) is 18.7. The number of aromatic nitrogens is 1. The highest BCUT2D eigenvalue weighted by Gasteiger charge is 2.39. The molecule has 0 bridgehead atoms. The number of piperidine rings is 1. The summed E-state index contributed by atoms with van der Waals surface area (Å²) in [5, 5.41) is 20.5. The molecule has 10 heteroatoms. The van der Waals surface area contributed by atoms with E-state index in [2.05, 4.69) is 4.90 Å². The molecular weight excluding hydrogens is 510 g/mol. The fraction of sp³-hybridized carbons (Fsp3) is 0.448. The van der Waals surface area contributed by atoms with Gasteiger partial charge in [-0.2, -0.15) is 4.39 Å². The smallest absolute Gasteiger partial charge is 0.343 e. The molecule has 2 heterocycles. The molecule has 0 unspecified atom stereocenters. The van der Waals surface area contributed by atoms with Crippen LogP contribution in [-0.4, -0.2) is 63.7 Å². The van der Waals surface area contributed by atoms with Gasteiger partial charge in [0.05, 0.1) is 29.7 Å². The van der Waals surface area contributed by atoms with E-state index in [-0.39, 0.29) is 42.1 Å². The summed E-state index contributed by atoms with van der Waals surface area (Å²) in [5.41, 5.74) is -1.22. The van der Waals surface area contributed by atoms with Gasteiger partial charge < -0.3 is 24.3 Å². The number of carbonyl (C=O) groups excluding carboxylic acids is 1. The first-order valence-electron chi connectivity index (χ1n) is 13.2. The van der Waals surface area contributed by atoms with Gasteiger partial charge in [-0.15, -0.1) is 0 Å². The molecule has 1 aliphatic heterocycles. The second-order valence-electron chi connectivity index (χ2n) is 10.4. The van der Waals surface area contributed by atoms with Crippen LogP contribution in [0, 0.1) is 11.6 Å². The van der Waals surface area contributed by atoms with E-state index in [4.69, 9.17) is 9.47 Å². The lowest BCUT2D eigenvalue weighted by Crippen LogP contribution is -2.53. The Morgan fingerprint density at radius 2 is 1.95 bits per heavy atom. The van der Waals surface area contributed by atoms with Crippen LogP contribution in [0.4, 0.5) is 8.78 Å². The maximum absolute atomic E-state index is 15.3. The number of ether oxygens (including phenoxy) is 2. The summed E-state index contributed by atoms with van der Waals surface area (Å²) < 4.78 is 42.7. The number of hydrogen-bond donors (Lipinski definition) is 2. The zero-order valence-electron chi connectivity index (χ0n) is 21.7. The van der Waals surface area contributed by atoms with E-state index in [9.17, 15) is 24.2 Å². The molecular formula is C29H32F2N2O6. The van der Waals surface area contributed by atoms with Gasteiger partial charge in [0.1, 0.15) is 12.2 Å². The van der Waals surface area contributed by atoms with E-state index in [1.807, 2.05) is 30.3 Å². The van der Waals surface area contributed by atoms with Crippen LogP contribution in [0.2, 0.25) is 0 Å². The van der Waals surface area contributed by atoms with Crippen LogP contribution < -0.4 is 10.2 Å². The molecule has 2 atom stereocenters. The molecule has 1 saturated heterocycles. The van der Waals surface area contributed by atoms with E-state index in [0.717, 1.165) is 24.5 Å². The van der Waals surface area contributed by atoms with Gasteiger partial charge in [0, 0.05) is 31.4 Å². The van der Waals surface area contributed by atoms with Crippen molar-refractivity contribution in [1.82, 2.24) is 9.47 Å². The van der Waals surface area contributed by atoms with Gasteiger partial charge in [-0.05, 0) is 44.2 Å². The van der Waals surface area contributed by atoms with Crippen molar-refractivity contribution in [2.24, 2.45) is 0 Å². The highest BCUT2D eigenvalue weighted by molar-refractivity contribution is 5.95. The molecule has 1 aromatic heterocycles. The Labute approximate surface area is 224 Å². The highest BCUT2D eigenvalue weighted by Crippen LogP contribution is 2.41. The molecule has 0 spiro atoms. The van der Waals surface area contributed by atoms with Crippen LogP contribution in [0.3, 0.4) is 0 Å². The number of likely N-dealkylation sites (tertiary alicyclic amines) is 1. The van der Waals surface area contributed by atoms with Crippen LogP contribution in [0.5, 0.6) is 5.75 Å². The number of pyridine rings is 1. The van der Waals surface area contributed by atoms with Crippen LogP contribution in [0.25, 0.3) is 10.9 Å². The van der Waals surface area contributed by atoms with E-state index >= 15 is 4.39 Å². The number of fused-ring (bicyclic) bond motifs is 1. The molecule has 0 radical (unpaired) electrons. The third kappa shape index (κ3) is 5.54. The van der Waals surface area contributed by atoms with E-state index in [1.54, 1.807) is 11.5 Å². The first-order valence-corrected chi connectivity index (χ1v) is 13.2. The number of benzene rings is 2. The van der Waals surface area contributed by atoms with Crippen LogP contribution in [0.1, 0.15) is 54.6 Å². The van der Waals surface area contributed by atoms with Gasteiger partial charge >= 0.3 is 5.97 Å². The monoisotopic (exact) mass is 542 g/mol. The van der Waals surface area contributed by atoms with Crippen molar-refractivity contribution >= 4 is 16.9 Å². The number of nitrogens with zero attached hydrogens (tertiary/aromatic N) is 2. The van der Waals surface area contributed by atoms with E-state index in [0.29, 0.717) is 19.5 Å². The van der Waals surface area contributed by atoms with Crippen molar-refractivity contribution < 1.29 is 33.3 Å². The van der Waals surface area contributed by atoms with E-state index in [1.165, 1.54) is 6.20 Å². The molecule has 5 rings (SSSR count). The zero-order valence-corrected chi connectivity index (χ0v) is 21.7. The molecule has 1 aliphatic carbocycles. The molecule has 2 fully saturated rings. The number of aliphatic hydroxyl groups is 2. The Morgan fingerprint density at radius 3 is 2.62 bits per heavy atom. The number of aliphatic hydroxyl groups excluding tert-OH is 1. The lowest BCUT2D eigenvalue weighted by atomic mass is 9.87. The van der Waals surface area contributed by atoms with Crippen molar-refractivity contribution in [3.63, 3.8) is 0 Å². The number of carbonyl (C=O) groups is 1. The van der Waals surface area contributed by atoms with Crippen molar-refractivity contribution in [2.75, 3.05) is 26.4 Å². The largest absolute Gasteiger partial charge is 0.487 e. The molecule has 0 amide bonds. The SMILES string of the molecule is CCOC(=O)c1cn(C2CC2)c2c(OC[C@H]3C[C@@](O)(CO)CCN3Cc3ccccc3)c(F)c(F)cc2c1=O. The summed E-state index contributed by atoms with van der Waals surface area (Å²) in [7, 11) is 0. The average molecular weight is 543 g/mol. The number of hydrogen-bond acceptors (Lipinski definition) is 7. The molecule has 8 nitrogen and oxygen atoms in total. The van der Waals surface area contributed by atoms with Crippen molar-refractivity contribution in [3.8, 4) is 5.75 Å². The summed E-state index contributed by atoms with van der Waals surface area (Å²) in [5.74, 6) is -3.74. The number of esters is 1. The average Bonchev–Trinajstić information content (AvgIpc) is 3.77. The van der Waals surface area contributed by atoms with Gasteiger partial charge in [0.15, 0.2) is 11.6 Å². The zero-order chi connectivity index (χ0) is 27.7. The molecule has 208 valence electrons. The van der Waals surface area contributed by atoms with Gasteiger partial charge in [-0.3, -0.25) is 9.69 Å². The predicted octanol–water partition coefficient (Wildman–Crippen LogP) is 3.56. The second kappa shape index (κ2) is 11.0. The van der Waals surface area contributed by atoms with Crippen LogP contribution >= 0.6 is 0 Å². The third-order valence-corrected chi connectivity index (χ3v) is 7.54. The maximum atomic E-state index is 15.3. The molecule has 2 aromatic carbocycles. The summed E-state index contributed by atoms with van der Waals surface area (Å²) >= 11 is 0. The van der Waals surface area contributed by atoms with Gasteiger partial charge in [0.25, 0.3) is 0 Å². The summed E-state index contributed by atoms with van der Waals surface area (Å²) in [6.07, 6.45) is 3.35. The first kappa shape index (κ1) is 27.2. The summed E-state index contributed by atoms with van der Waals surface area (Å²) in [6, 6.07) is 9.96. The van der Waals surface area contributed by atoms with Crippen molar-refractivity contribution in [3.05, 3.63) is 75.6 Å². The quantitative estimate of drug-likeness (QED) is 0.399. The standard InChI is InChI=1S/C29H32F2N2O6/c1-2-38-28(36)22-15-33(19-8-9-19)25-21(26(22)35)12-23(30)24(31)27(25)39-16-20-13-29(37,17-34)10-11-32(20)14-18-6-4-3-5-7-18/h3-7,12,15,19-20,34,37H,2,8-11,13-14,16-17H2,1H3/t20-,29-/m1/s1. The lowest BCUT2D eigenvalue weighted by Gasteiger charge is -2.43. The normalized spacial score (nSPS) is 21.7. The van der Waals surface area contributed by atoms with Gasteiger partial charge in [-0.25, -0.2) is 9.18 Å². The van der Waals surface area contributed by atoms with Crippen LogP contribution in [0.15, 0.2) is 47.4 Å². The van der Waals surface area contributed by atoms with Crippen molar-refractivity contribution in [2.45, 2.75) is 56.8 Å². The Bertz CT molecular complexity index is 1430. The maximum Gasteiger partial charge on any atom is 0.343 e. The second-order valence-corrected chi connectivity index (χ2v) is 10.4. The predicted molar refractivity (Wildman–Crippen MR) is 140 cm³/mol. The fourth-order valence-corrected chi connectivity index (χ4v) is 5.27. The minimum Gasteiger partial charge on any atom is -0.487 e. The third-order valence-electron chi connectivity index (χ3n) is 7.54. The Morgan fingerprint density at radius 1 is 1.21 bits per heavy atom. The van der Waals surface area contributed by atoms with Gasteiger partial charge in [0.2, 0.25) is 11.2 Å². The Hall–Kier alpha value is -3.34. The van der Waals surface area contributed by atoms with Crippen molar-refractivity contribution in [1.29, 1.82) is 0 Å². The molecule has 2 aliphatic rings. The molecule has 3 aromatic rings. The Balaban J connectivity index is 1.53. The minimum atomic E-state index is -1.32. The summed E-state index contributed by atoms with van der Waals surface area (Å²) in [6.45, 7) is 2.12. The minimum absolute atomic E-state index is 0.0624. The fourth-order valence-electron chi connectivity index (χ4n) is 5.27. The Kier molecular flexibility index (Phi) is 7.70. The van der Waals surface area contributed by atoms with Crippen LogP contribution in [-0.2, 0) is 11.3 Å². The summed E-state index contributed by atoms with van der Waals surface area (Å²) in [4.78, 5) is 27.8. The lowest BCUT2D eigenvalue weighted by molar-refractivity contribution is -0.0873. The van der Waals surface area contributed by atoms with E-state index < -0.39 is 47.0 Å². The highest BCUT2D eigenvalue weighted by atomic mass is 19.2. The number of rotatable bonds is 9. The van der Waals surface area contributed by atoms with Gasteiger partial charge in [-0.1, -0.05) is 30.3 Å². The molecule has 2 N–H and O–H groups in total. The molecule has 39 heavy (non-hydrogen) atoms. The molecule has 1 saturated carbocycles. The topological polar surface area (TPSA) is 101 Å².